The molecule has 0 aliphatic carbocycles. The van der Waals surface area contributed by atoms with Gasteiger partial charge in [0.25, 0.3) is 0 Å². The van der Waals surface area contributed by atoms with E-state index in [1.165, 1.54) is 11.9 Å². The molecule has 8 heteroatoms. The largest absolute Gasteiger partial charge is 0.347 e. The van der Waals surface area contributed by atoms with E-state index in [9.17, 15) is 0 Å². The van der Waals surface area contributed by atoms with Crippen LogP contribution in [0.25, 0.3) is 11.3 Å². The Morgan fingerprint density at radius 1 is 0.969 bits per heavy atom. The number of fused-ring (bicyclic) bond motifs is 1. The summed E-state index contributed by atoms with van der Waals surface area (Å²) in [4.78, 5) is 16.3. The number of hydrogen-bond acceptors (Lipinski definition) is 6. The van der Waals surface area contributed by atoms with Gasteiger partial charge in [-0.15, -0.1) is 0 Å². The van der Waals surface area contributed by atoms with Gasteiger partial charge in [0.05, 0.1) is 17.3 Å². The van der Waals surface area contributed by atoms with Gasteiger partial charge in [0.15, 0.2) is 0 Å². The highest BCUT2D eigenvalue weighted by molar-refractivity contribution is 8.00. The molecule has 1 aliphatic rings. The molecule has 4 heterocycles. The molecule has 0 bridgehead atoms. The topological polar surface area (TPSA) is 58.9 Å². The Morgan fingerprint density at radius 3 is 2.62 bits per heavy atom. The van der Waals surface area contributed by atoms with Crippen molar-refractivity contribution < 1.29 is 0 Å². The number of nitrogens with zero attached hydrogens (tertiary/aromatic N) is 5. The predicted molar refractivity (Wildman–Crippen MR) is 131 cm³/mol. The zero-order valence-corrected chi connectivity index (χ0v) is 19.5. The van der Waals surface area contributed by atoms with Crippen molar-refractivity contribution in [2.75, 3.05) is 16.2 Å². The molecule has 162 valence electrons. The lowest BCUT2D eigenvalue weighted by atomic mass is 9.99. The van der Waals surface area contributed by atoms with Gasteiger partial charge in [-0.1, -0.05) is 35.9 Å². The number of halogens is 1. The van der Waals surface area contributed by atoms with Crippen LogP contribution in [0.5, 0.6) is 0 Å². The van der Waals surface area contributed by atoms with Gasteiger partial charge in [0, 0.05) is 43.0 Å². The maximum Gasteiger partial charge on any atom is 0.136 e. The van der Waals surface area contributed by atoms with Crippen LogP contribution in [0.15, 0.2) is 66.0 Å². The van der Waals surface area contributed by atoms with E-state index in [-0.39, 0.29) is 0 Å². The number of aryl methyl sites for hydroxylation is 2. The Kier molecular flexibility index (Phi) is 5.76. The average molecular weight is 463 g/mol. The minimum Gasteiger partial charge on any atom is -0.347 e. The Bertz CT molecular complexity index is 1250. The van der Waals surface area contributed by atoms with Crippen molar-refractivity contribution in [2.45, 2.75) is 32.0 Å². The first-order valence-corrected chi connectivity index (χ1v) is 11.7. The third kappa shape index (κ3) is 4.18. The predicted octanol–water partition coefficient (Wildman–Crippen LogP) is 5.75. The second kappa shape index (κ2) is 8.84. The van der Waals surface area contributed by atoms with Gasteiger partial charge in [0.2, 0.25) is 0 Å². The molecule has 32 heavy (non-hydrogen) atoms. The summed E-state index contributed by atoms with van der Waals surface area (Å²) in [5.74, 6) is 2.76. The quantitative estimate of drug-likeness (QED) is 0.381. The second-order valence-corrected chi connectivity index (χ2v) is 9.02. The van der Waals surface area contributed by atoms with Crippen molar-refractivity contribution in [3.05, 3.63) is 82.9 Å². The van der Waals surface area contributed by atoms with Gasteiger partial charge in [-0.3, -0.25) is 0 Å². The molecule has 0 saturated carbocycles. The summed E-state index contributed by atoms with van der Waals surface area (Å²) in [6.07, 6.45) is 3.89. The lowest BCUT2D eigenvalue weighted by molar-refractivity contribution is 0.555. The molecule has 1 N–H and O–H groups in total. The first-order chi connectivity index (χ1) is 15.6. The molecule has 6 nitrogen and oxygen atoms in total. The number of nitrogens with one attached hydrogen (secondary N) is 1. The number of pyridine rings is 2. The summed E-state index contributed by atoms with van der Waals surface area (Å²) in [6, 6.07) is 16.1. The van der Waals surface area contributed by atoms with E-state index in [4.69, 9.17) is 21.6 Å². The Morgan fingerprint density at radius 2 is 1.78 bits per heavy atom. The number of imidazole rings is 1. The van der Waals surface area contributed by atoms with Gasteiger partial charge >= 0.3 is 0 Å². The SMILES string of the molecule is Cc1cccc(C)c1-c1nc(NSc2cccc(N3CCn4ccnc4C3)n2)ccc1Cl. The highest BCUT2D eigenvalue weighted by atomic mass is 35.5. The van der Waals surface area contributed by atoms with Crippen LogP contribution in [0.2, 0.25) is 5.02 Å². The second-order valence-electron chi connectivity index (χ2n) is 7.79. The Hall–Kier alpha value is -3.03. The zero-order chi connectivity index (χ0) is 22.1. The van der Waals surface area contributed by atoms with Crippen LogP contribution >= 0.6 is 23.5 Å². The molecular formula is C24H23ClN6S. The summed E-state index contributed by atoms with van der Waals surface area (Å²) >= 11 is 7.95. The van der Waals surface area contributed by atoms with Crippen LogP contribution in [0, 0.1) is 13.8 Å². The number of aromatic nitrogens is 4. The molecule has 5 rings (SSSR count). The summed E-state index contributed by atoms with van der Waals surface area (Å²) in [6.45, 7) is 6.76. The molecule has 0 fully saturated rings. The molecule has 4 aromatic rings. The number of hydrogen-bond donors (Lipinski definition) is 1. The Labute approximate surface area is 196 Å². The summed E-state index contributed by atoms with van der Waals surface area (Å²) in [7, 11) is 0. The first kappa shape index (κ1) is 20.8. The molecular weight excluding hydrogens is 440 g/mol. The van der Waals surface area contributed by atoms with E-state index >= 15 is 0 Å². The third-order valence-corrected chi connectivity index (χ3v) is 6.65. The number of benzene rings is 1. The van der Waals surface area contributed by atoms with Crippen LogP contribution in [-0.2, 0) is 13.1 Å². The number of anilines is 2. The van der Waals surface area contributed by atoms with Crippen LogP contribution in [0.1, 0.15) is 17.0 Å². The van der Waals surface area contributed by atoms with E-state index in [1.807, 2.05) is 48.8 Å². The van der Waals surface area contributed by atoms with Crippen LogP contribution < -0.4 is 9.62 Å². The minimum atomic E-state index is 0.640. The molecule has 1 aliphatic heterocycles. The maximum absolute atomic E-state index is 6.50. The minimum absolute atomic E-state index is 0.640. The van der Waals surface area contributed by atoms with Gasteiger partial charge in [-0.25, -0.2) is 15.0 Å². The molecule has 0 saturated heterocycles. The summed E-state index contributed by atoms with van der Waals surface area (Å²) < 4.78 is 5.52. The fourth-order valence-corrected chi connectivity index (χ4v) is 4.78. The van der Waals surface area contributed by atoms with E-state index in [0.29, 0.717) is 5.02 Å². The van der Waals surface area contributed by atoms with E-state index in [0.717, 1.165) is 64.5 Å². The molecule has 0 spiro atoms. The summed E-state index contributed by atoms with van der Waals surface area (Å²) in [5.41, 5.74) is 4.18. The summed E-state index contributed by atoms with van der Waals surface area (Å²) in [5, 5.41) is 1.52. The lowest BCUT2D eigenvalue weighted by Gasteiger charge is -2.28. The fourth-order valence-electron chi connectivity index (χ4n) is 3.97. The average Bonchev–Trinajstić information content (AvgIpc) is 3.27. The van der Waals surface area contributed by atoms with Crippen molar-refractivity contribution >= 4 is 35.2 Å². The van der Waals surface area contributed by atoms with E-state index < -0.39 is 0 Å². The van der Waals surface area contributed by atoms with Gasteiger partial charge in [-0.05, 0) is 49.2 Å². The van der Waals surface area contributed by atoms with Crippen molar-refractivity contribution in [3.63, 3.8) is 0 Å². The van der Waals surface area contributed by atoms with Gasteiger partial charge in [-0.2, -0.15) is 0 Å². The van der Waals surface area contributed by atoms with Crippen molar-refractivity contribution in [1.82, 2.24) is 19.5 Å². The molecule has 0 unspecified atom stereocenters. The van der Waals surface area contributed by atoms with Crippen molar-refractivity contribution in [2.24, 2.45) is 0 Å². The molecule has 0 radical (unpaired) electrons. The van der Waals surface area contributed by atoms with Crippen LogP contribution in [0.4, 0.5) is 11.6 Å². The lowest BCUT2D eigenvalue weighted by Crippen LogP contribution is -2.34. The highest BCUT2D eigenvalue weighted by Crippen LogP contribution is 2.33. The standard InChI is InChI=1S/C24H23ClN6S/c1-16-5-3-6-17(2)23(16)24-18(25)9-10-19(27-24)29-32-22-8-4-7-20(28-22)31-14-13-30-12-11-26-21(30)15-31/h3-12H,13-15H2,1-2H3,(H,27,29). The van der Waals surface area contributed by atoms with E-state index in [2.05, 4.69) is 45.2 Å². The molecule has 3 aromatic heterocycles. The van der Waals surface area contributed by atoms with Crippen molar-refractivity contribution in [1.29, 1.82) is 0 Å². The fraction of sp³-hybridized carbons (Fsp3) is 0.208. The normalized spacial score (nSPS) is 13.2. The van der Waals surface area contributed by atoms with Crippen LogP contribution in [-0.4, -0.2) is 26.1 Å². The first-order valence-electron chi connectivity index (χ1n) is 10.5. The zero-order valence-electron chi connectivity index (χ0n) is 17.9. The highest BCUT2D eigenvalue weighted by Gasteiger charge is 2.18. The van der Waals surface area contributed by atoms with Crippen LogP contribution in [0.3, 0.4) is 0 Å². The van der Waals surface area contributed by atoms with E-state index in [1.54, 1.807) is 0 Å². The van der Waals surface area contributed by atoms with Gasteiger partial charge in [0.1, 0.15) is 22.5 Å². The molecule has 0 atom stereocenters. The Balaban J connectivity index is 1.33. The monoisotopic (exact) mass is 462 g/mol. The van der Waals surface area contributed by atoms with Crippen molar-refractivity contribution in [3.8, 4) is 11.3 Å². The molecule has 1 aromatic carbocycles. The maximum atomic E-state index is 6.50. The smallest absolute Gasteiger partial charge is 0.136 e. The third-order valence-electron chi connectivity index (χ3n) is 5.60. The molecule has 0 amide bonds. The number of rotatable bonds is 5. The van der Waals surface area contributed by atoms with Gasteiger partial charge < -0.3 is 14.2 Å².